The van der Waals surface area contributed by atoms with Crippen molar-refractivity contribution < 1.29 is 19.4 Å². The first-order valence-corrected chi connectivity index (χ1v) is 5.92. The molecule has 0 unspecified atom stereocenters. The van der Waals surface area contributed by atoms with Crippen molar-refractivity contribution in [3.63, 3.8) is 0 Å². The van der Waals surface area contributed by atoms with Crippen LogP contribution in [-0.4, -0.2) is 23.6 Å². The lowest BCUT2D eigenvalue weighted by atomic mass is 10.2. The molecular weight excluding hydrogens is 246 g/mol. The first-order valence-electron chi connectivity index (χ1n) is 5.92. The Kier molecular flexibility index (Phi) is 5.60. The summed E-state index contributed by atoms with van der Waals surface area (Å²) in [5, 5.41) is 10.9. The van der Waals surface area contributed by atoms with Crippen LogP contribution in [0, 0.1) is 5.92 Å². The molecule has 0 radical (unpaired) electrons. The number of aliphatic carboxylic acids is 1. The Hall–Kier alpha value is -2.30. The maximum absolute atomic E-state index is 11.3. The van der Waals surface area contributed by atoms with Crippen LogP contribution in [0.5, 0.6) is 5.75 Å². The SMILES string of the molecule is CC(C)COc1ccc(NC(=O)/C=C/C(=O)O)cc1. The number of rotatable bonds is 6. The zero-order valence-corrected chi connectivity index (χ0v) is 10.9. The van der Waals surface area contributed by atoms with Gasteiger partial charge in [-0.05, 0) is 30.2 Å². The molecule has 1 rings (SSSR count). The van der Waals surface area contributed by atoms with E-state index in [4.69, 9.17) is 9.84 Å². The molecule has 1 aromatic carbocycles. The van der Waals surface area contributed by atoms with Gasteiger partial charge in [0.1, 0.15) is 5.75 Å². The molecule has 5 heteroatoms. The van der Waals surface area contributed by atoms with Gasteiger partial charge in [-0.2, -0.15) is 0 Å². The number of anilines is 1. The molecule has 0 fully saturated rings. The first-order chi connectivity index (χ1) is 8.97. The number of nitrogens with one attached hydrogen (secondary N) is 1. The highest BCUT2D eigenvalue weighted by atomic mass is 16.5. The second-order valence-electron chi connectivity index (χ2n) is 4.39. The fourth-order valence-electron chi connectivity index (χ4n) is 1.23. The third-order valence-electron chi connectivity index (χ3n) is 2.08. The fraction of sp³-hybridized carbons (Fsp3) is 0.286. The average Bonchev–Trinajstić information content (AvgIpc) is 2.35. The fourth-order valence-corrected chi connectivity index (χ4v) is 1.23. The molecule has 102 valence electrons. The van der Waals surface area contributed by atoms with E-state index in [1.807, 2.05) is 0 Å². The van der Waals surface area contributed by atoms with Crippen molar-refractivity contribution in [3.8, 4) is 5.75 Å². The average molecular weight is 263 g/mol. The molecule has 0 bridgehead atoms. The van der Waals surface area contributed by atoms with E-state index in [0.29, 0.717) is 18.2 Å². The highest BCUT2D eigenvalue weighted by molar-refractivity contribution is 6.02. The Labute approximate surface area is 111 Å². The highest BCUT2D eigenvalue weighted by Crippen LogP contribution is 2.16. The van der Waals surface area contributed by atoms with Gasteiger partial charge in [0.15, 0.2) is 0 Å². The van der Waals surface area contributed by atoms with E-state index in [2.05, 4.69) is 19.2 Å². The normalized spacial score (nSPS) is 10.7. The first kappa shape index (κ1) is 14.8. The molecule has 0 aliphatic carbocycles. The molecule has 19 heavy (non-hydrogen) atoms. The molecule has 2 N–H and O–H groups in total. The number of benzene rings is 1. The lowest BCUT2D eigenvalue weighted by molar-refractivity contribution is -0.131. The lowest BCUT2D eigenvalue weighted by Crippen LogP contribution is -2.09. The number of carbonyl (C=O) groups is 2. The maximum Gasteiger partial charge on any atom is 0.328 e. The maximum atomic E-state index is 11.3. The number of amides is 1. The lowest BCUT2D eigenvalue weighted by Gasteiger charge is -2.09. The van der Waals surface area contributed by atoms with E-state index < -0.39 is 11.9 Å². The van der Waals surface area contributed by atoms with Gasteiger partial charge in [-0.3, -0.25) is 4.79 Å². The molecule has 0 spiro atoms. The van der Waals surface area contributed by atoms with Crippen LogP contribution in [0.25, 0.3) is 0 Å². The Morgan fingerprint density at radius 2 is 1.89 bits per heavy atom. The summed E-state index contributed by atoms with van der Waals surface area (Å²) in [6.45, 7) is 4.75. The van der Waals surface area contributed by atoms with Gasteiger partial charge in [0, 0.05) is 17.8 Å². The Morgan fingerprint density at radius 3 is 2.42 bits per heavy atom. The van der Waals surface area contributed by atoms with E-state index in [0.717, 1.165) is 17.9 Å². The summed E-state index contributed by atoms with van der Waals surface area (Å²) in [6.07, 6.45) is 1.75. The molecular formula is C14H17NO4. The number of ether oxygens (including phenoxy) is 1. The molecule has 1 aromatic rings. The van der Waals surface area contributed by atoms with E-state index in [9.17, 15) is 9.59 Å². The summed E-state index contributed by atoms with van der Waals surface area (Å²) in [5.74, 6) is -0.473. The van der Waals surface area contributed by atoms with Gasteiger partial charge in [0.05, 0.1) is 6.61 Å². The Balaban J connectivity index is 2.52. The van der Waals surface area contributed by atoms with Gasteiger partial charge in [0.2, 0.25) is 5.91 Å². The van der Waals surface area contributed by atoms with Gasteiger partial charge in [-0.15, -0.1) is 0 Å². The van der Waals surface area contributed by atoms with Crippen LogP contribution in [-0.2, 0) is 9.59 Å². The predicted molar refractivity (Wildman–Crippen MR) is 72.2 cm³/mol. The molecule has 0 aliphatic heterocycles. The number of hydrogen-bond donors (Lipinski definition) is 2. The molecule has 5 nitrogen and oxygen atoms in total. The standard InChI is InChI=1S/C14H17NO4/c1-10(2)9-19-12-5-3-11(4-6-12)15-13(16)7-8-14(17)18/h3-8,10H,9H2,1-2H3,(H,15,16)(H,17,18)/b8-7+. The topological polar surface area (TPSA) is 75.6 Å². The number of carbonyl (C=O) groups excluding carboxylic acids is 1. The Bertz CT molecular complexity index is 463. The minimum Gasteiger partial charge on any atom is -0.493 e. The zero-order chi connectivity index (χ0) is 14.3. The summed E-state index contributed by atoms with van der Waals surface area (Å²) in [7, 11) is 0. The molecule has 0 saturated carbocycles. The Morgan fingerprint density at radius 1 is 1.26 bits per heavy atom. The van der Waals surface area contributed by atoms with E-state index >= 15 is 0 Å². The molecule has 0 atom stereocenters. The minimum absolute atomic E-state index is 0.445. The van der Waals surface area contributed by atoms with Crippen molar-refractivity contribution in [2.45, 2.75) is 13.8 Å². The van der Waals surface area contributed by atoms with Crippen LogP contribution < -0.4 is 10.1 Å². The summed E-state index contributed by atoms with van der Waals surface area (Å²) < 4.78 is 5.50. The molecule has 0 saturated heterocycles. The van der Waals surface area contributed by atoms with E-state index in [1.165, 1.54) is 0 Å². The zero-order valence-electron chi connectivity index (χ0n) is 10.9. The predicted octanol–water partition coefficient (Wildman–Crippen LogP) is 2.30. The molecule has 1 amide bonds. The molecule has 0 aromatic heterocycles. The summed E-state index contributed by atoms with van der Waals surface area (Å²) in [4.78, 5) is 21.6. The van der Waals surface area contributed by atoms with E-state index in [-0.39, 0.29) is 0 Å². The van der Waals surface area contributed by atoms with Crippen molar-refractivity contribution in [1.82, 2.24) is 0 Å². The van der Waals surface area contributed by atoms with Crippen molar-refractivity contribution in [3.05, 3.63) is 36.4 Å². The van der Waals surface area contributed by atoms with Gasteiger partial charge in [0.25, 0.3) is 0 Å². The summed E-state index contributed by atoms with van der Waals surface area (Å²) >= 11 is 0. The van der Waals surface area contributed by atoms with Gasteiger partial charge >= 0.3 is 5.97 Å². The number of carboxylic acids is 1. The van der Waals surface area contributed by atoms with Gasteiger partial charge in [-0.1, -0.05) is 13.8 Å². The monoisotopic (exact) mass is 263 g/mol. The highest BCUT2D eigenvalue weighted by Gasteiger charge is 2.00. The second kappa shape index (κ2) is 7.20. The van der Waals surface area contributed by atoms with Gasteiger partial charge < -0.3 is 15.2 Å². The molecule has 0 heterocycles. The summed E-state index contributed by atoms with van der Waals surface area (Å²) in [6, 6.07) is 6.89. The third-order valence-corrected chi connectivity index (χ3v) is 2.08. The third kappa shape index (κ3) is 6.26. The van der Waals surface area contributed by atoms with Crippen LogP contribution in [0.3, 0.4) is 0 Å². The summed E-state index contributed by atoms with van der Waals surface area (Å²) in [5.41, 5.74) is 0.580. The van der Waals surface area contributed by atoms with Crippen molar-refractivity contribution >= 4 is 17.6 Å². The van der Waals surface area contributed by atoms with Crippen molar-refractivity contribution in [1.29, 1.82) is 0 Å². The molecule has 0 aliphatic rings. The largest absolute Gasteiger partial charge is 0.493 e. The quantitative estimate of drug-likeness (QED) is 0.772. The van der Waals surface area contributed by atoms with Crippen LogP contribution in [0.1, 0.15) is 13.8 Å². The smallest absolute Gasteiger partial charge is 0.328 e. The van der Waals surface area contributed by atoms with Crippen LogP contribution in [0.4, 0.5) is 5.69 Å². The number of hydrogen-bond acceptors (Lipinski definition) is 3. The van der Waals surface area contributed by atoms with E-state index in [1.54, 1.807) is 24.3 Å². The second-order valence-corrected chi connectivity index (χ2v) is 4.39. The van der Waals surface area contributed by atoms with Crippen LogP contribution in [0.15, 0.2) is 36.4 Å². The van der Waals surface area contributed by atoms with Crippen molar-refractivity contribution in [2.75, 3.05) is 11.9 Å². The number of carboxylic acid groups (broad SMARTS) is 1. The van der Waals surface area contributed by atoms with Crippen LogP contribution >= 0.6 is 0 Å². The minimum atomic E-state index is -1.16. The van der Waals surface area contributed by atoms with Gasteiger partial charge in [-0.25, -0.2) is 4.79 Å². The van der Waals surface area contributed by atoms with Crippen molar-refractivity contribution in [2.24, 2.45) is 5.92 Å². The van der Waals surface area contributed by atoms with Crippen LogP contribution in [0.2, 0.25) is 0 Å².